The topological polar surface area (TPSA) is 54.5 Å². The number of para-hydroxylation sites is 1. The van der Waals surface area contributed by atoms with Crippen LogP contribution in [0.25, 0.3) is 22.0 Å². The van der Waals surface area contributed by atoms with Crippen molar-refractivity contribution in [3.05, 3.63) is 60.3 Å². The summed E-state index contributed by atoms with van der Waals surface area (Å²) >= 11 is 0. The molecule has 3 rings (SSSR count). The lowest BCUT2D eigenvalue weighted by Gasteiger charge is -2.23. The molecule has 5 heteroatoms. The van der Waals surface area contributed by atoms with Gasteiger partial charge < -0.3 is 15.0 Å². The first-order chi connectivity index (χ1) is 14.5. The van der Waals surface area contributed by atoms with E-state index in [2.05, 4.69) is 35.4 Å². The van der Waals surface area contributed by atoms with Crippen molar-refractivity contribution in [2.75, 3.05) is 19.6 Å². The van der Waals surface area contributed by atoms with Gasteiger partial charge in [-0.3, -0.25) is 4.98 Å². The van der Waals surface area contributed by atoms with Crippen LogP contribution in [0.3, 0.4) is 0 Å². The van der Waals surface area contributed by atoms with Gasteiger partial charge in [0, 0.05) is 43.2 Å². The van der Waals surface area contributed by atoms with Crippen molar-refractivity contribution in [1.29, 1.82) is 0 Å². The number of benzene rings is 2. The van der Waals surface area contributed by atoms with E-state index in [1.54, 1.807) is 0 Å². The van der Waals surface area contributed by atoms with E-state index >= 15 is 0 Å². The minimum Gasteiger partial charge on any atom is -0.491 e. The van der Waals surface area contributed by atoms with Crippen molar-refractivity contribution in [3.63, 3.8) is 0 Å². The molecule has 0 spiro atoms. The molecular formula is C25H31N3O2. The zero-order chi connectivity index (χ0) is 21.5. The fourth-order valence-corrected chi connectivity index (χ4v) is 3.58. The SMILES string of the molecule is CCNC(=O)N(CC)CCC(C)Oc1ccc(-c2cnc3ccccc3c2C)cc1. The van der Waals surface area contributed by atoms with Crippen molar-refractivity contribution in [2.24, 2.45) is 0 Å². The summed E-state index contributed by atoms with van der Waals surface area (Å²) in [5, 5.41) is 4.03. The van der Waals surface area contributed by atoms with E-state index in [0.717, 1.165) is 28.8 Å². The Balaban J connectivity index is 1.63. The predicted molar refractivity (Wildman–Crippen MR) is 123 cm³/mol. The maximum Gasteiger partial charge on any atom is 0.317 e. The van der Waals surface area contributed by atoms with Gasteiger partial charge in [0.25, 0.3) is 0 Å². The number of ether oxygens (including phenoxy) is 1. The van der Waals surface area contributed by atoms with Crippen LogP contribution in [0.1, 0.15) is 32.8 Å². The van der Waals surface area contributed by atoms with Gasteiger partial charge in [-0.2, -0.15) is 0 Å². The van der Waals surface area contributed by atoms with Gasteiger partial charge in [0.05, 0.1) is 11.6 Å². The molecule has 0 aliphatic rings. The van der Waals surface area contributed by atoms with Gasteiger partial charge in [-0.1, -0.05) is 30.3 Å². The molecule has 0 saturated heterocycles. The maximum atomic E-state index is 12.0. The summed E-state index contributed by atoms with van der Waals surface area (Å²) in [6.45, 7) is 10.1. The lowest BCUT2D eigenvalue weighted by molar-refractivity contribution is 0.173. The van der Waals surface area contributed by atoms with Crippen molar-refractivity contribution >= 4 is 16.9 Å². The number of aromatic nitrogens is 1. The van der Waals surface area contributed by atoms with Crippen LogP contribution in [-0.2, 0) is 0 Å². The Morgan fingerprint density at radius 1 is 1.13 bits per heavy atom. The van der Waals surface area contributed by atoms with Crippen LogP contribution in [0.2, 0.25) is 0 Å². The molecule has 1 aromatic heterocycles. The number of hydrogen-bond acceptors (Lipinski definition) is 3. The first kappa shape index (κ1) is 21.6. The Labute approximate surface area is 179 Å². The Hall–Kier alpha value is -3.08. The number of rotatable bonds is 8. The normalized spacial score (nSPS) is 11.9. The molecule has 158 valence electrons. The number of carbonyl (C=O) groups excluding carboxylic acids is 1. The summed E-state index contributed by atoms with van der Waals surface area (Å²) < 4.78 is 6.07. The van der Waals surface area contributed by atoms with Crippen molar-refractivity contribution in [2.45, 2.75) is 40.2 Å². The summed E-state index contributed by atoms with van der Waals surface area (Å²) in [6, 6.07) is 16.3. The van der Waals surface area contributed by atoms with Crippen LogP contribution in [-0.4, -0.2) is 41.7 Å². The average molecular weight is 406 g/mol. The summed E-state index contributed by atoms with van der Waals surface area (Å²) in [7, 11) is 0. The lowest BCUT2D eigenvalue weighted by atomic mass is 9.99. The minimum atomic E-state index is -0.0177. The molecule has 1 unspecified atom stereocenters. The second-order valence-electron chi connectivity index (χ2n) is 7.47. The number of nitrogens with zero attached hydrogens (tertiary/aromatic N) is 2. The molecule has 2 aromatic carbocycles. The molecule has 5 nitrogen and oxygen atoms in total. The standard InChI is InChI=1S/C25H31N3O2/c1-5-26-25(29)28(6-2)16-15-18(3)30-21-13-11-20(12-14-21)23-17-27-24-10-8-7-9-22(24)19(23)4/h7-14,17-18H,5-6,15-16H2,1-4H3,(H,26,29). The molecule has 0 bridgehead atoms. The highest BCUT2D eigenvalue weighted by Crippen LogP contribution is 2.29. The highest BCUT2D eigenvalue weighted by atomic mass is 16.5. The Morgan fingerprint density at radius 2 is 1.87 bits per heavy atom. The molecular weight excluding hydrogens is 374 g/mol. The highest BCUT2D eigenvalue weighted by molar-refractivity contribution is 5.88. The fourth-order valence-electron chi connectivity index (χ4n) is 3.58. The summed E-state index contributed by atoms with van der Waals surface area (Å²) in [6.07, 6.45) is 2.74. The molecule has 2 amide bonds. The van der Waals surface area contributed by atoms with E-state index in [-0.39, 0.29) is 12.1 Å². The Morgan fingerprint density at radius 3 is 2.57 bits per heavy atom. The molecule has 0 saturated carbocycles. The van der Waals surface area contributed by atoms with Crippen molar-refractivity contribution < 1.29 is 9.53 Å². The lowest BCUT2D eigenvalue weighted by Crippen LogP contribution is -2.41. The summed E-state index contributed by atoms with van der Waals surface area (Å²) in [5.74, 6) is 0.832. The molecule has 30 heavy (non-hydrogen) atoms. The molecule has 0 aliphatic heterocycles. The zero-order valence-electron chi connectivity index (χ0n) is 18.3. The number of pyridine rings is 1. The summed E-state index contributed by atoms with van der Waals surface area (Å²) in [5.41, 5.74) is 4.50. The third-order valence-corrected chi connectivity index (χ3v) is 5.35. The monoisotopic (exact) mass is 405 g/mol. The van der Waals surface area contributed by atoms with Gasteiger partial charge in [0.2, 0.25) is 0 Å². The van der Waals surface area contributed by atoms with Gasteiger partial charge in [-0.05, 0) is 57.0 Å². The molecule has 0 fully saturated rings. The van der Waals surface area contributed by atoms with E-state index < -0.39 is 0 Å². The Kier molecular flexibility index (Phi) is 7.28. The highest BCUT2D eigenvalue weighted by Gasteiger charge is 2.13. The second-order valence-corrected chi connectivity index (χ2v) is 7.47. The number of hydrogen-bond donors (Lipinski definition) is 1. The van der Waals surface area contributed by atoms with Gasteiger partial charge in [-0.25, -0.2) is 4.79 Å². The Bertz CT molecular complexity index is 985. The maximum absolute atomic E-state index is 12.0. The van der Waals surface area contributed by atoms with Crippen LogP contribution >= 0.6 is 0 Å². The molecule has 3 aromatic rings. The van der Waals surface area contributed by atoms with Gasteiger partial charge in [0.15, 0.2) is 0 Å². The van der Waals surface area contributed by atoms with Crippen LogP contribution in [0, 0.1) is 6.92 Å². The third-order valence-electron chi connectivity index (χ3n) is 5.35. The summed E-state index contributed by atoms with van der Waals surface area (Å²) in [4.78, 5) is 18.4. The van der Waals surface area contributed by atoms with Gasteiger partial charge in [0.1, 0.15) is 5.75 Å². The smallest absolute Gasteiger partial charge is 0.317 e. The molecule has 1 atom stereocenters. The molecule has 1 N–H and O–H groups in total. The van der Waals surface area contributed by atoms with Crippen LogP contribution in [0.4, 0.5) is 4.79 Å². The second kappa shape index (κ2) is 10.1. The van der Waals surface area contributed by atoms with E-state index in [1.165, 1.54) is 10.9 Å². The number of aryl methyl sites for hydroxylation is 1. The first-order valence-electron chi connectivity index (χ1n) is 10.7. The molecule has 0 aliphatic carbocycles. The first-order valence-corrected chi connectivity index (χ1v) is 10.7. The van der Waals surface area contributed by atoms with Gasteiger partial charge >= 0.3 is 6.03 Å². The van der Waals surface area contributed by atoms with Crippen LogP contribution < -0.4 is 10.1 Å². The predicted octanol–water partition coefficient (Wildman–Crippen LogP) is 5.42. The van der Waals surface area contributed by atoms with E-state index in [1.807, 2.05) is 62.2 Å². The number of amides is 2. The zero-order valence-corrected chi connectivity index (χ0v) is 18.3. The molecule has 0 radical (unpaired) electrons. The van der Waals surface area contributed by atoms with Crippen molar-refractivity contribution in [1.82, 2.24) is 15.2 Å². The number of fused-ring (bicyclic) bond motifs is 1. The number of carbonyl (C=O) groups is 1. The minimum absolute atomic E-state index is 0.0170. The van der Waals surface area contributed by atoms with Crippen LogP contribution in [0.15, 0.2) is 54.7 Å². The fraction of sp³-hybridized carbons (Fsp3) is 0.360. The van der Waals surface area contributed by atoms with E-state index in [0.29, 0.717) is 19.6 Å². The molecule has 1 heterocycles. The number of urea groups is 1. The average Bonchev–Trinajstić information content (AvgIpc) is 2.75. The number of nitrogens with one attached hydrogen (secondary N) is 1. The quantitative estimate of drug-likeness (QED) is 0.544. The largest absolute Gasteiger partial charge is 0.491 e. The van der Waals surface area contributed by atoms with E-state index in [9.17, 15) is 4.79 Å². The third kappa shape index (κ3) is 5.09. The van der Waals surface area contributed by atoms with E-state index in [4.69, 9.17) is 4.74 Å². The van der Waals surface area contributed by atoms with Crippen molar-refractivity contribution in [3.8, 4) is 16.9 Å². The van der Waals surface area contributed by atoms with Gasteiger partial charge in [-0.15, -0.1) is 0 Å². The van der Waals surface area contributed by atoms with Crippen LogP contribution in [0.5, 0.6) is 5.75 Å².